The van der Waals surface area contributed by atoms with Crippen LogP contribution in [-0.2, 0) is 0 Å². The maximum absolute atomic E-state index is 11.5. The van der Waals surface area contributed by atoms with Gasteiger partial charge in [-0.05, 0) is 24.3 Å². The molecule has 0 aliphatic carbocycles. The Balaban J connectivity index is 2.87. The van der Waals surface area contributed by atoms with Crippen molar-refractivity contribution < 1.29 is 0 Å². The zero-order valence-corrected chi connectivity index (χ0v) is 6.27. The lowest BCUT2D eigenvalue weighted by Crippen LogP contribution is -2.11. The van der Waals surface area contributed by atoms with Crippen LogP contribution in [0.25, 0.3) is 11.0 Å². The summed E-state index contributed by atoms with van der Waals surface area (Å²) < 4.78 is 3.30. The number of fused-ring (bicyclic) bond motifs is 3. The van der Waals surface area contributed by atoms with Gasteiger partial charge < -0.3 is 0 Å². The molecular weight excluding hydrogens is 152 g/mol. The summed E-state index contributed by atoms with van der Waals surface area (Å²) in [5, 5.41) is 0. The molecule has 3 aromatic heterocycles. The Morgan fingerprint density at radius 2 is 1.42 bits per heavy atom. The summed E-state index contributed by atoms with van der Waals surface area (Å²) >= 11 is 0. The number of hydrogen-bond donors (Lipinski definition) is 0. The van der Waals surface area contributed by atoms with Gasteiger partial charge in [0.05, 0.1) is 11.0 Å². The lowest BCUT2D eigenvalue weighted by molar-refractivity contribution is 1.01. The zero-order chi connectivity index (χ0) is 8.13. The van der Waals surface area contributed by atoms with Crippen LogP contribution in [0.5, 0.6) is 0 Å². The van der Waals surface area contributed by atoms with Crippen LogP contribution in [0.3, 0.4) is 0 Å². The molecule has 0 bridgehead atoms. The van der Waals surface area contributed by atoms with Crippen LogP contribution < -0.4 is 5.69 Å². The van der Waals surface area contributed by atoms with Crippen LogP contribution in [0.2, 0.25) is 0 Å². The van der Waals surface area contributed by atoms with Crippen LogP contribution in [-0.4, -0.2) is 8.80 Å². The molecule has 0 spiro atoms. The van der Waals surface area contributed by atoms with Gasteiger partial charge in [-0.25, -0.2) is 4.79 Å². The number of hydrogen-bond acceptors (Lipinski definition) is 1. The molecule has 0 unspecified atom stereocenters. The van der Waals surface area contributed by atoms with Gasteiger partial charge in [0.1, 0.15) is 0 Å². The molecule has 0 N–H and O–H groups in total. The maximum atomic E-state index is 11.5. The highest BCUT2D eigenvalue weighted by Crippen LogP contribution is 2.11. The number of rotatable bonds is 0. The van der Waals surface area contributed by atoms with Crippen LogP contribution in [0.15, 0.2) is 41.5 Å². The Labute approximate surface area is 67.8 Å². The van der Waals surface area contributed by atoms with Crippen LogP contribution in [0.4, 0.5) is 0 Å². The quantitative estimate of drug-likeness (QED) is 0.479. The molecule has 0 saturated carbocycles. The van der Waals surface area contributed by atoms with Gasteiger partial charge in [0.15, 0.2) is 0 Å². The number of nitrogens with zero attached hydrogens (tertiary/aromatic N) is 2. The monoisotopic (exact) mass is 158 g/mol. The predicted molar refractivity (Wildman–Crippen MR) is 45.8 cm³/mol. The van der Waals surface area contributed by atoms with Gasteiger partial charge in [0.25, 0.3) is 0 Å². The molecule has 0 saturated heterocycles. The summed E-state index contributed by atoms with van der Waals surface area (Å²) in [5.41, 5.74) is 1.96. The molecule has 3 heterocycles. The molecule has 0 radical (unpaired) electrons. The molecule has 0 fully saturated rings. The van der Waals surface area contributed by atoms with Crippen molar-refractivity contribution in [2.75, 3.05) is 0 Å². The van der Waals surface area contributed by atoms with Crippen molar-refractivity contribution in [2.24, 2.45) is 0 Å². The van der Waals surface area contributed by atoms with Crippen molar-refractivity contribution >= 4 is 11.0 Å². The molecule has 0 aliphatic rings. The van der Waals surface area contributed by atoms with Crippen molar-refractivity contribution in [1.29, 1.82) is 0 Å². The first-order valence-corrected chi connectivity index (χ1v) is 3.78. The van der Waals surface area contributed by atoms with Crippen LogP contribution in [0.1, 0.15) is 0 Å². The Bertz CT molecular complexity index is 539. The molecule has 0 atom stereocenters. The van der Waals surface area contributed by atoms with E-state index in [0.717, 1.165) is 11.0 Å². The van der Waals surface area contributed by atoms with E-state index in [1.165, 1.54) is 0 Å². The molecule has 0 aromatic carbocycles. The molecule has 3 nitrogen and oxygen atoms in total. The van der Waals surface area contributed by atoms with Gasteiger partial charge in [0.2, 0.25) is 0 Å². The van der Waals surface area contributed by atoms with Crippen molar-refractivity contribution in [3.8, 4) is 0 Å². The largest absolute Gasteiger partial charge is 0.337 e. The highest BCUT2D eigenvalue weighted by molar-refractivity contribution is 5.76. The lowest BCUT2D eigenvalue weighted by Gasteiger charge is -1.76. The fourth-order valence-corrected chi connectivity index (χ4v) is 1.63. The molecule has 3 aromatic rings. The minimum absolute atomic E-state index is 0.00926. The lowest BCUT2D eigenvalue weighted by atomic mass is 10.4. The standard InChI is InChI=1S/C9H6N2O/c12-9-10-5-1-3-7(10)8-4-2-6-11(8)9/h1-6H. The fraction of sp³-hybridized carbons (Fsp3) is 0. The second-order valence-corrected chi connectivity index (χ2v) is 2.81. The third-order valence-corrected chi connectivity index (χ3v) is 2.17. The van der Waals surface area contributed by atoms with Crippen LogP contribution in [0, 0.1) is 0 Å². The van der Waals surface area contributed by atoms with E-state index in [-0.39, 0.29) is 5.69 Å². The van der Waals surface area contributed by atoms with E-state index in [2.05, 4.69) is 0 Å². The topological polar surface area (TPSA) is 25.9 Å². The fourth-order valence-electron chi connectivity index (χ4n) is 1.63. The van der Waals surface area contributed by atoms with Crippen LogP contribution >= 0.6 is 0 Å². The first-order valence-electron chi connectivity index (χ1n) is 3.78. The smallest absolute Gasteiger partial charge is 0.267 e. The zero-order valence-electron chi connectivity index (χ0n) is 6.27. The van der Waals surface area contributed by atoms with Crippen molar-refractivity contribution in [3.63, 3.8) is 0 Å². The Morgan fingerprint density at radius 3 is 1.92 bits per heavy atom. The van der Waals surface area contributed by atoms with E-state index in [1.54, 1.807) is 21.2 Å². The third-order valence-electron chi connectivity index (χ3n) is 2.17. The van der Waals surface area contributed by atoms with Crippen molar-refractivity contribution in [3.05, 3.63) is 47.1 Å². The SMILES string of the molecule is O=c1n2cccc2c2cccn12. The van der Waals surface area contributed by atoms with E-state index < -0.39 is 0 Å². The van der Waals surface area contributed by atoms with Gasteiger partial charge >= 0.3 is 5.69 Å². The highest BCUT2D eigenvalue weighted by Gasteiger charge is 2.06. The minimum Gasteiger partial charge on any atom is -0.267 e. The van der Waals surface area contributed by atoms with Gasteiger partial charge in [-0.15, -0.1) is 0 Å². The second kappa shape index (κ2) is 1.69. The summed E-state index contributed by atoms with van der Waals surface area (Å²) in [7, 11) is 0. The molecule has 0 aliphatic heterocycles. The average molecular weight is 158 g/mol. The summed E-state index contributed by atoms with van der Waals surface area (Å²) in [6.45, 7) is 0. The minimum atomic E-state index is 0.00926. The van der Waals surface area contributed by atoms with Gasteiger partial charge in [0, 0.05) is 12.4 Å². The third kappa shape index (κ3) is 0.471. The summed E-state index contributed by atoms with van der Waals surface area (Å²) in [6, 6.07) is 7.64. The molecule has 0 amide bonds. The van der Waals surface area contributed by atoms with E-state index in [9.17, 15) is 4.79 Å². The molecule has 3 heteroatoms. The van der Waals surface area contributed by atoms with Gasteiger partial charge in [-0.1, -0.05) is 0 Å². The molecule has 58 valence electrons. The van der Waals surface area contributed by atoms with E-state index in [4.69, 9.17) is 0 Å². The molecule has 3 rings (SSSR count). The first kappa shape index (κ1) is 5.83. The maximum Gasteiger partial charge on any atom is 0.337 e. The number of aromatic nitrogens is 2. The normalized spacial score (nSPS) is 11.7. The summed E-state index contributed by atoms with van der Waals surface area (Å²) in [6.07, 6.45) is 3.56. The Hall–Kier alpha value is -1.77. The summed E-state index contributed by atoms with van der Waals surface area (Å²) in [5.74, 6) is 0. The highest BCUT2D eigenvalue weighted by atomic mass is 16.1. The Kier molecular flexibility index (Phi) is 0.821. The second-order valence-electron chi connectivity index (χ2n) is 2.81. The summed E-state index contributed by atoms with van der Waals surface area (Å²) in [4.78, 5) is 11.5. The van der Waals surface area contributed by atoms with Gasteiger partial charge in [-0.3, -0.25) is 8.80 Å². The van der Waals surface area contributed by atoms with Crippen molar-refractivity contribution in [1.82, 2.24) is 8.80 Å². The van der Waals surface area contributed by atoms with Gasteiger partial charge in [-0.2, -0.15) is 0 Å². The van der Waals surface area contributed by atoms with Crippen molar-refractivity contribution in [2.45, 2.75) is 0 Å². The number of imidazole rings is 1. The molecular formula is C9H6N2O. The Morgan fingerprint density at radius 1 is 0.917 bits per heavy atom. The molecule has 12 heavy (non-hydrogen) atoms. The van der Waals surface area contributed by atoms with E-state index in [1.807, 2.05) is 24.3 Å². The van der Waals surface area contributed by atoms with E-state index in [0.29, 0.717) is 0 Å². The average Bonchev–Trinajstić information content (AvgIpc) is 2.72. The van der Waals surface area contributed by atoms with E-state index >= 15 is 0 Å². The first-order chi connectivity index (χ1) is 5.88. The predicted octanol–water partition coefficient (Wildman–Crippen LogP) is 0.990.